The lowest BCUT2D eigenvalue weighted by Gasteiger charge is -2.40. The molecule has 0 heterocycles. The molecule has 0 spiro atoms. The first kappa shape index (κ1) is 21.5. The van der Waals surface area contributed by atoms with Crippen LogP contribution in [0.3, 0.4) is 0 Å². The normalized spacial score (nSPS) is 12.7. The number of halogens is 6. The molecule has 2 rings (SSSR count). The average molecular weight is 409 g/mol. The summed E-state index contributed by atoms with van der Waals surface area (Å²) in [7, 11) is 0. The van der Waals surface area contributed by atoms with Crippen LogP contribution in [0.4, 0.5) is 26.3 Å². The maximum absolute atomic E-state index is 12.4. The molecule has 0 aliphatic rings. The number of fused-ring (bicyclic) bond motifs is 1. The van der Waals surface area contributed by atoms with E-state index >= 15 is 0 Å². The molecule has 28 heavy (non-hydrogen) atoms. The quantitative estimate of drug-likeness (QED) is 0.431. The Morgan fingerprint density at radius 3 is 1.93 bits per heavy atom. The summed E-state index contributed by atoms with van der Waals surface area (Å²) in [6.45, 7) is -2.00. The Morgan fingerprint density at radius 2 is 1.36 bits per heavy atom. The lowest BCUT2D eigenvalue weighted by Crippen LogP contribution is -2.71. The van der Waals surface area contributed by atoms with E-state index in [-0.39, 0.29) is 5.56 Å². The van der Waals surface area contributed by atoms with Gasteiger partial charge in [-0.05, 0) is 22.9 Å². The molecule has 0 unspecified atom stereocenters. The second-order valence-corrected chi connectivity index (χ2v) is 5.51. The summed E-state index contributed by atoms with van der Waals surface area (Å²) in [6, 6.07) is 11.4. The minimum Gasteiger partial charge on any atom is -0.828 e. The van der Waals surface area contributed by atoms with Crippen LogP contribution >= 0.6 is 0 Å². The van der Waals surface area contributed by atoms with Gasteiger partial charge in [-0.3, -0.25) is 4.79 Å². The lowest BCUT2D eigenvalue weighted by molar-refractivity contribution is -0.574. The van der Waals surface area contributed by atoms with Gasteiger partial charge in [-0.15, -0.1) is 0 Å². The van der Waals surface area contributed by atoms with Crippen LogP contribution in [-0.4, -0.2) is 43.1 Å². The van der Waals surface area contributed by atoms with Crippen molar-refractivity contribution in [3.05, 3.63) is 48.0 Å². The van der Waals surface area contributed by atoms with Gasteiger partial charge in [0, 0.05) is 0 Å². The Hall–Kier alpha value is -2.82. The highest BCUT2D eigenvalue weighted by atomic mass is 19.4. The molecule has 152 valence electrons. The smallest absolute Gasteiger partial charge is 0.399 e. The maximum atomic E-state index is 12.4. The molecular formula is C17H11F6O5-. The van der Waals surface area contributed by atoms with Crippen LogP contribution in [-0.2, 0) is 14.3 Å². The number of alkyl halides is 6. The van der Waals surface area contributed by atoms with Gasteiger partial charge in [0.25, 0.3) is 0 Å². The third kappa shape index (κ3) is 4.19. The first-order valence-corrected chi connectivity index (χ1v) is 7.55. The Labute approximate surface area is 153 Å². The minimum absolute atomic E-state index is 0.0637. The van der Waals surface area contributed by atoms with E-state index in [2.05, 4.69) is 9.47 Å². The molecule has 0 radical (unpaired) electrons. The summed E-state index contributed by atoms with van der Waals surface area (Å²) >= 11 is 0. The van der Waals surface area contributed by atoms with Crippen LogP contribution < -0.4 is 5.11 Å². The average Bonchev–Trinajstić information content (AvgIpc) is 2.61. The van der Waals surface area contributed by atoms with Gasteiger partial charge in [0.1, 0.15) is 13.2 Å². The monoisotopic (exact) mass is 409 g/mol. The Morgan fingerprint density at radius 1 is 0.821 bits per heavy atom. The third-order valence-electron chi connectivity index (χ3n) is 3.62. The third-order valence-corrected chi connectivity index (χ3v) is 3.62. The Kier molecular flexibility index (Phi) is 5.88. The summed E-state index contributed by atoms with van der Waals surface area (Å²) in [5.74, 6) is -4.02. The molecule has 0 fully saturated rings. The van der Waals surface area contributed by atoms with Crippen molar-refractivity contribution in [3.8, 4) is 0 Å². The van der Waals surface area contributed by atoms with Crippen molar-refractivity contribution in [2.24, 2.45) is 0 Å². The van der Waals surface area contributed by atoms with Gasteiger partial charge in [-0.1, -0.05) is 30.3 Å². The number of carbonyl (C=O) groups is 2. The number of hydrogen-bond acceptors (Lipinski definition) is 5. The second kappa shape index (κ2) is 7.66. The fourth-order valence-electron chi connectivity index (χ4n) is 2.16. The van der Waals surface area contributed by atoms with Gasteiger partial charge < -0.3 is 14.6 Å². The summed E-state index contributed by atoms with van der Waals surface area (Å²) in [4.78, 5) is 23.0. The zero-order chi connectivity index (χ0) is 21.2. The predicted octanol–water partition coefficient (Wildman–Crippen LogP) is 2.76. The number of ether oxygens (including phenoxy) is 2. The number of benzene rings is 2. The van der Waals surface area contributed by atoms with Crippen molar-refractivity contribution in [3.63, 3.8) is 0 Å². The van der Waals surface area contributed by atoms with Crippen molar-refractivity contribution in [2.75, 3.05) is 13.2 Å². The highest BCUT2D eigenvalue weighted by Gasteiger charge is 2.68. The molecule has 0 N–H and O–H groups in total. The number of esters is 2. The van der Waals surface area contributed by atoms with Crippen LogP contribution in [0.15, 0.2) is 42.5 Å². The summed E-state index contributed by atoms with van der Waals surface area (Å²) in [6.07, 6.45) is -12.9. The first-order valence-electron chi connectivity index (χ1n) is 7.55. The van der Waals surface area contributed by atoms with E-state index in [9.17, 15) is 41.0 Å². The number of hydrogen-bond donors (Lipinski definition) is 0. The Bertz CT molecular complexity index is 860. The van der Waals surface area contributed by atoms with Gasteiger partial charge in [0.15, 0.2) is 5.60 Å². The predicted molar refractivity (Wildman–Crippen MR) is 80.0 cm³/mol. The fourth-order valence-corrected chi connectivity index (χ4v) is 2.16. The molecule has 0 aromatic heterocycles. The van der Waals surface area contributed by atoms with E-state index in [0.29, 0.717) is 5.39 Å². The van der Waals surface area contributed by atoms with Gasteiger partial charge >= 0.3 is 24.3 Å². The molecule has 0 saturated carbocycles. The van der Waals surface area contributed by atoms with Crippen molar-refractivity contribution in [1.82, 2.24) is 0 Å². The largest absolute Gasteiger partial charge is 0.828 e. The number of carbonyl (C=O) groups excluding carboxylic acids is 2. The molecular weight excluding hydrogens is 398 g/mol. The molecule has 2 aromatic carbocycles. The molecule has 2 aromatic rings. The van der Waals surface area contributed by atoms with E-state index in [4.69, 9.17) is 0 Å². The topological polar surface area (TPSA) is 75.7 Å². The Balaban J connectivity index is 1.95. The molecule has 11 heteroatoms. The van der Waals surface area contributed by atoms with Crippen LogP contribution in [0.25, 0.3) is 10.8 Å². The van der Waals surface area contributed by atoms with Crippen LogP contribution in [0.5, 0.6) is 0 Å². The zero-order valence-electron chi connectivity index (χ0n) is 13.8. The maximum Gasteiger partial charge on any atom is 0.399 e. The second-order valence-electron chi connectivity index (χ2n) is 5.51. The zero-order valence-corrected chi connectivity index (χ0v) is 13.8. The van der Waals surface area contributed by atoms with E-state index in [0.717, 1.165) is 5.39 Å². The van der Waals surface area contributed by atoms with Crippen molar-refractivity contribution >= 4 is 22.7 Å². The van der Waals surface area contributed by atoms with Gasteiger partial charge in [-0.2, -0.15) is 26.3 Å². The molecule has 0 amide bonds. The minimum atomic E-state index is -6.45. The van der Waals surface area contributed by atoms with E-state index < -0.39 is 43.1 Å². The van der Waals surface area contributed by atoms with E-state index in [1.54, 1.807) is 30.3 Å². The molecule has 5 nitrogen and oxygen atoms in total. The van der Waals surface area contributed by atoms with Crippen LogP contribution in [0.2, 0.25) is 0 Å². The van der Waals surface area contributed by atoms with Gasteiger partial charge in [0.05, 0.1) is 5.56 Å². The van der Waals surface area contributed by atoms with Crippen molar-refractivity contribution in [2.45, 2.75) is 18.0 Å². The van der Waals surface area contributed by atoms with Crippen LogP contribution in [0, 0.1) is 0 Å². The van der Waals surface area contributed by atoms with E-state index in [1.807, 2.05) is 0 Å². The highest BCUT2D eigenvalue weighted by molar-refractivity contribution is 5.95. The van der Waals surface area contributed by atoms with Crippen molar-refractivity contribution in [1.29, 1.82) is 0 Å². The van der Waals surface area contributed by atoms with Crippen LogP contribution in [0.1, 0.15) is 10.4 Å². The van der Waals surface area contributed by atoms with Gasteiger partial charge in [0.2, 0.25) is 0 Å². The lowest BCUT2D eigenvalue weighted by atomic mass is 10.0. The standard InChI is InChI=1S/C17H11F6O5/c18-16(19,20)15(26,17(21,22)23)14(25)28-8-7-27-13(24)12-6-5-10-3-1-2-4-11(10)9-12/h1-6,9H,7-8H2/q-1. The summed E-state index contributed by atoms with van der Waals surface area (Å²) < 4.78 is 82.9. The molecule has 0 atom stereocenters. The highest BCUT2D eigenvalue weighted by Crippen LogP contribution is 2.41. The van der Waals surface area contributed by atoms with E-state index in [1.165, 1.54) is 12.1 Å². The molecule has 0 aliphatic carbocycles. The molecule has 0 bridgehead atoms. The fraction of sp³-hybridized carbons (Fsp3) is 0.294. The SMILES string of the molecule is O=C(OCCOC(=O)C([O-])(C(F)(F)F)C(F)(F)F)c1ccc2ccccc2c1. The summed E-state index contributed by atoms with van der Waals surface area (Å²) in [5.41, 5.74) is -5.86. The number of rotatable bonds is 5. The van der Waals surface area contributed by atoms with Gasteiger partial charge in [-0.25, -0.2) is 4.79 Å². The first-order chi connectivity index (χ1) is 12.9. The molecule has 0 saturated heterocycles. The summed E-state index contributed by atoms with van der Waals surface area (Å²) in [5, 5.41) is 12.6. The molecule has 0 aliphatic heterocycles. The van der Waals surface area contributed by atoms with Crippen molar-refractivity contribution < 1.29 is 50.5 Å².